The van der Waals surface area contributed by atoms with Crippen molar-refractivity contribution in [2.45, 2.75) is 12.1 Å². The van der Waals surface area contributed by atoms with Gasteiger partial charge in [0.25, 0.3) is 0 Å². The molecule has 8 heteroatoms. The maximum Gasteiger partial charge on any atom is 0.230 e. The summed E-state index contributed by atoms with van der Waals surface area (Å²) in [6.07, 6.45) is 0. The highest BCUT2D eigenvalue weighted by Crippen LogP contribution is 2.22. The summed E-state index contributed by atoms with van der Waals surface area (Å²) in [7, 11) is 0. The Kier molecular flexibility index (Phi) is 6.84. The summed E-state index contributed by atoms with van der Waals surface area (Å²) in [5, 5.41) is 4.16. The van der Waals surface area contributed by atoms with Gasteiger partial charge in [-0.15, -0.1) is 0 Å². The highest BCUT2D eigenvalue weighted by molar-refractivity contribution is 7.99. The van der Waals surface area contributed by atoms with E-state index < -0.39 is 0 Å². The summed E-state index contributed by atoms with van der Waals surface area (Å²) < 4.78 is 11.0. The molecule has 0 spiro atoms. The molecule has 0 fully saturated rings. The number of H-pyrrole nitrogens is 1. The van der Waals surface area contributed by atoms with E-state index in [4.69, 9.17) is 21.1 Å². The van der Waals surface area contributed by atoms with Gasteiger partial charge in [0.2, 0.25) is 5.91 Å². The van der Waals surface area contributed by atoms with E-state index >= 15 is 0 Å². The second kappa shape index (κ2) is 9.53. The van der Waals surface area contributed by atoms with Crippen molar-refractivity contribution in [3.05, 3.63) is 47.5 Å². The Morgan fingerprint density at radius 2 is 1.93 bits per heavy atom. The molecular formula is C19H20ClN3O3S. The van der Waals surface area contributed by atoms with Gasteiger partial charge >= 0.3 is 0 Å². The number of halogens is 1. The number of hydrogen-bond donors (Lipinski definition) is 2. The van der Waals surface area contributed by atoms with E-state index in [0.717, 1.165) is 22.5 Å². The molecule has 0 aliphatic carbocycles. The number of fused-ring (bicyclic) bond motifs is 1. The number of rotatable bonds is 9. The van der Waals surface area contributed by atoms with Crippen molar-refractivity contribution < 1.29 is 14.3 Å². The van der Waals surface area contributed by atoms with Crippen LogP contribution in [0.1, 0.15) is 6.92 Å². The smallest absolute Gasteiger partial charge is 0.230 e. The van der Waals surface area contributed by atoms with Crippen LogP contribution in [0.3, 0.4) is 0 Å². The van der Waals surface area contributed by atoms with E-state index in [-0.39, 0.29) is 11.7 Å². The van der Waals surface area contributed by atoms with Crippen molar-refractivity contribution in [1.82, 2.24) is 15.3 Å². The molecule has 0 unspecified atom stereocenters. The number of imidazole rings is 1. The van der Waals surface area contributed by atoms with Crippen LogP contribution >= 0.6 is 23.4 Å². The van der Waals surface area contributed by atoms with Crippen LogP contribution in [0.25, 0.3) is 11.0 Å². The summed E-state index contributed by atoms with van der Waals surface area (Å²) >= 11 is 7.30. The van der Waals surface area contributed by atoms with E-state index in [2.05, 4.69) is 15.3 Å². The lowest BCUT2D eigenvalue weighted by Crippen LogP contribution is -2.29. The van der Waals surface area contributed by atoms with Crippen molar-refractivity contribution in [3.8, 4) is 11.5 Å². The second-order valence-corrected chi connectivity index (χ2v) is 7.00. The molecule has 2 N–H and O–H groups in total. The van der Waals surface area contributed by atoms with Crippen LogP contribution in [-0.2, 0) is 4.79 Å². The Morgan fingerprint density at radius 1 is 1.19 bits per heavy atom. The van der Waals surface area contributed by atoms with Crippen molar-refractivity contribution >= 4 is 40.3 Å². The number of aromatic nitrogens is 2. The fourth-order valence-corrected chi connectivity index (χ4v) is 3.26. The number of hydrogen-bond acceptors (Lipinski definition) is 5. The van der Waals surface area contributed by atoms with Crippen LogP contribution in [0, 0.1) is 0 Å². The minimum absolute atomic E-state index is 0.0752. The maximum atomic E-state index is 11.9. The summed E-state index contributed by atoms with van der Waals surface area (Å²) in [5.41, 5.74) is 1.68. The molecule has 27 heavy (non-hydrogen) atoms. The van der Waals surface area contributed by atoms with Crippen LogP contribution in [0.15, 0.2) is 47.6 Å². The molecule has 1 heterocycles. The number of benzene rings is 2. The Morgan fingerprint density at radius 3 is 2.67 bits per heavy atom. The average Bonchev–Trinajstić information content (AvgIpc) is 3.07. The Hall–Kier alpha value is -2.38. The fourth-order valence-electron chi connectivity index (χ4n) is 2.37. The number of amides is 1. The molecule has 1 amide bonds. The zero-order chi connectivity index (χ0) is 19.1. The fraction of sp³-hybridized carbons (Fsp3) is 0.263. The van der Waals surface area contributed by atoms with Crippen LogP contribution < -0.4 is 14.8 Å². The van der Waals surface area contributed by atoms with Crippen molar-refractivity contribution in [3.63, 3.8) is 0 Å². The quantitative estimate of drug-likeness (QED) is 0.417. The molecule has 3 rings (SSSR count). The minimum atomic E-state index is -0.0752. The first-order valence-electron chi connectivity index (χ1n) is 8.54. The molecule has 0 saturated heterocycles. The molecule has 2 aromatic carbocycles. The molecule has 0 bridgehead atoms. The third-order valence-electron chi connectivity index (χ3n) is 3.59. The first-order chi connectivity index (χ1) is 13.1. The van der Waals surface area contributed by atoms with Crippen LogP contribution in [0.4, 0.5) is 0 Å². The monoisotopic (exact) mass is 405 g/mol. The van der Waals surface area contributed by atoms with Gasteiger partial charge < -0.3 is 19.8 Å². The van der Waals surface area contributed by atoms with Gasteiger partial charge in [0.05, 0.1) is 29.9 Å². The number of carbonyl (C=O) groups is 1. The van der Waals surface area contributed by atoms with E-state index in [0.29, 0.717) is 29.9 Å². The predicted octanol–water partition coefficient (Wildman–Crippen LogP) is 3.90. The van der Waals surface area contributed by atoms with Gasteiger partial charge in [-0.1, -0.05) is 23.4 Å². The van der Waals surface area contributed by atoms with Crippen LogP contribution in [0.2, 0.25) is 5.02 Å². The van der Waals surface area contributed by atoms with Crippen molar-refractivity contribution in [1.29, 1.82) is 0 Å². The third kappa shape index (κ3) is 5.80. The minimum Gasteiger partial charge on any atom is -0.494 e. The largest absolute Gasteiger partial charge is 0.494 e. The van der Waals surface area contributed by atoms with E-state index in [1.165, 1.54) is 11.8 Å². The zero-order valence-electron chi connectivity index (χ0n) is 14.8. The standard InChI is InChI=1S/C19H20ClN3O3S/c1-2-25-14-4-6-15(7-5-14)26-10-9-21-18(24)12-27-19-22-16-8-3-13(20)11-17(16)23-19/h3-8,11H,2,9-10,12H2,1H3,(H,21,24)(H,22,23). The number of carbonyl (C=O) groups excluding carboxylic acids is 1. The molecule has 0 aliphatic heterocycles. The average molecular weight is 406 g/mol. The molecule has 6 nitrogen and oxygen atoms in total. The van der Waals surface area contributed by atoms with Gasteiger partial charge in [-0.05, 0) is 49.4 Å². The topological polar surface area (TPSA) is 76.2 Å². The molecular weight excluding hydrogens is 386 g/mol. The molecule has 3 aromatic rings. The van der Waals surface area contributed by atoms with Gasteiger partial charge in [0.15, 0.2) is 5.16 Å². The highest BCUT2D eigenvalue weighted by atomic mass is 35.5. The number of thioether (sulfide) groups is 1. The number of aromatic amines is 1. The number of ether oxygens (including phenoxy) is 2. The molecule has 0 aliphatic rings. The van der Waals surface area contributed by atoms with Gasteiger partial charge in [0.1, 0.15) is 18.1 Å². The van der Waals surface area contributed by atoms with Gasteiger partial charge in [0, 0.05) is 5.02 Å². The first kappa shape index (κ1) is 19.4. The van der Waals surface area contributed by atoms with Crippen LogP contribution in [0.5, 0.6) is 11.5 Å². The first-order valence-corrected chi connectivity index (χ1v) is 9.91. The Bertz CT molecular complexity index is 899. The second-order valence-electron chi connectivity index (χ2n) is 5.59. The predicted molar refractivity (Wildman–Crippen MR) is 108 cm³/mol. The lowest BCUT2D eigenvalue weighted by Gasteiger charge is -2.08. The molecule has 1 aromatic heterocycles. The van der Waals surface area contributed by atoms with Gasteiger partial charge in [-0.2, -0.15) is 0 Å². The third-order valence-corrected chi connectivity index (χ3v) is 4.70. The van der Waals surface area contributed by atoms with Crippen molar-refractivity contribution in [2.24, 2.45) is 0 Å². The zero-order valence-corrected chi connectivity index (χ0v) is 16.4. The summed E-state index contributed by atoms with van der Waals surface area (Å²) in [6.45, 7) is 3.40. The molecule has 0 radical (unpaired) electrons. The molecule has 142 valence electrons. The SMILES string of the molecule is CCOc1ccc(OCCNC(=O)CSc2nc3ccc(Cl)cc3[nH]2)cc1. The summed E-state index contributed by atoms with van der Waals surface area (Å²) in [4.78, 5) is 19.5. The molecule has 0 atom stereocenters. The highest BCUT2D eigenvalue weighted by Gasteiger charge is 2.07. The summed E-state index contributed by atoms with van der Waals surface area (Å²) in [5.74, 6) is 1.75. The lowest BCUT2D eigenvalue weighted by molar-refractivity contribution is -0.118. The van der Waals surface area contributed by atoms with Crippen LogP contribution in [-0.4, -0.2) is 41.4 Å². The number of nitrogens with one attached hydrogen (secondary N) is 2. The molecule has 0 saturated carbocycles. The summed E-state index contributed by atoms with van der Waals surface area (Å²) in [6, 6.07) is 12.8. The number of nitrogens with zero attached hydrogens (tertiary/aromatic N) is 1. The van der Waals surface area contributed by atoms with Gasteiger partial charge in [-0.25, -0.2) is 4.98 Å². The van der Waals surface area contributed by atoms with E-state index in [1.54, 1.807) is 6.07 Å². The Labute approximate surface area is 166 Å². The van der Waals surface area contributed by atoms with E-state index in [9.17, 15) is 4.79 Å². The van der Waals surface area contributed by atoms with E-state index in [1.807, 2.05) is 43.3 Å². The normalized spacial score (nSPS) is 10.7. The maximum absolute atomic E-state index is 11.9. The van der Waals surface area contributed by atoms with Crippen molar-refractivity contribution in [2.75, 3.05) is 25.5 Å². The Balaban J connectivity index is 1.36. The lowest BCUT2D eigenvalue weighted by atomic mass is 10.3. The van der Waals surface area contributed by atoms with Gasteiger partial charge in [-0.3, -0.25) is 4.79 Å².